The first kappa shape index (κ1) is 15.6. The SMILES string of the molecule is CCCNCc1ccc(Oc2cc(C)ccc2C)c(C)c1. The van der Waals surface area contributed by atoms with E-state index >= 15 is 0 Å². The van der Waals surface area contributed by atoms with Crippen molar-refractivity contribution in [3.8, 4) is 11.5 Å². The van der Waals surface area contributed by atoms with Crippen molar-refractivity contribution >= 4 is 0 Å². The summed E-state index contributed by atoms with van der Waals surface area (Å²) in [5, 5.41) is 3.42. The van der Waals surface area contributed by atoms with E-state index in [2.05, 4.69) is 69.4 Å². The third-order valence-corrected chi connectivity index (χ3v) is 3.56. The number of hydrogen-bond acceptors (Lipinski definition) is 2. The molecule has 0 saturated heterocycles. The highest BCUT2D eigenvalue weighted by Crippen LogP contribution is 2.29. The molecule has 21 heavy (non-hydrogen) atoms. The molecule has 0 bridgehead atoms. The van der Waals surface area contributed by atoms with Gasteiger partial charge in [0.1, 0.15) is 11.5 Å². The topological polar surface area (TPSA) is 21.3 Å². The average Bonchev–Trinajstić information content (AvgIpc) is 2.46. The van der Waals surface area contributed by atoms with Gasteiger partial charge in [0.2, 0.25) is 0 Å². The van der Waals surface area contributed by atoms with Gasteiger partial charge in [-0.05, 0) is 68.1 Å². The van der Waals surface area contributed by atoms with Crippen molar-refractivity contribution in [2.75, 3.05) is 6.54 Å². The number of aryl methyl sites for hydroxylation is 3. The second-order valence-electron chi connectivity index (χ2n) is 5.65. The molecule has 0 atom stereocenters. The van der Waals surface area contributed by atoms with E-state index in [-0.39, 0.29) is 0 Å². The number of ether oxygens (including phenoxy) is 1. The van der Waals surface area contributed by atoms with Crippen molar-refractivity contribution < 1.29 is 4.74 Å². The molecule has 0 aliphatic heterocycles. The molecule has 0 fully saturated rings. The summed E-state index contributed by atoms with van der Waals surface area (Å²) in [5.74, 6) is 1.87. The Balaban J connectivity index is 2.12. The van der Waals surface area contributed by atoms with Crippen LogP contribution in [-0.4, -0.2) is 6.54 Å². The van der Waals surface area contributed by atoms with Gasteiger partial charge in [0.25, 0.3) is 0 Å². The molecule has 2 heteroatoms. The molecule has 0 unspecified atom stereocenters. The van der Waals surface area contributed by atoms with Gasteiger partial charge >= 0.3 is 0 Å². The van der Waals surface area contributed by atoms with Gasteiger partial charge in [-0.2, -0.15) is 0 Å². The third kappa shape index (κ3) is 4.33. The zero-order valence-electron chi connectivity index (χ0n) is 13.5. The average molecular weight is 283 g/mol. The summed E-state index contributed by atoms with van der Waals surface area (Å²) in [5.41, 5.74) is 4.85. The molecule has 1 N–H and O–H groups in total. The van der Waals surface area contributed by atoms with Crippen molar-refractivity contribution in [2.24, 2.45) is 0 Å². The van der Waals surface area contributed by atoms with Crippen LogP contribution in [-0.2, 0) is 6.54 Å². The number of benzene rings is 2. The van der Waals surface area contributed by atoms with Crippen molar-refractivity contribution in [1.82, 2.24) is 5.32 Å². The molecule has 2 aromatic rings. The molecule has 0 aliphatic carbocycles. The van der Waals surface area contributed by atoms with Crippen LogP contribution in [0.3, 0.4) is 0 Å². The van der Waals surface area contributed by atoms with Crippen LogP contribution in [0.5, 0.6) is 11.5 Å². The van der Waals surface area contributed by atoms with Crippen LogP contribution >= 0.6 is 0 Å². The summed E-state index contributed by atoms with van der Waals surface area (Å²) < 4.78 is 6.08. The van der Waals surface area contributed by atoms with Crippen LogP contribution in [0.4, 0.5) is 0 Å². The lowest BCUT2D eigenvalue weighted by Gasteiger charge is -2.13. The van der Waals surface area contributed by atoms with Crippen LogP contribution < -0.4 is 10.1 Å². The summed E-state index contributed by atoms with van der Waals surface area (Å²) in [7, 11) is 0. The van der Waals surface area contributed by atoms with Gasteiger partial charge in [-0.3, -0.25) is 0 Å². The standard InChI is InChI=1S/C19H25NO/c1-5-10-20-13-17-8-9-18(16(4)12-17)21-19-11-14(2)6-7-15(19)3/h6-9,11-12,20H,5,10,13H2,1-4H3. The van der Waals surface area contributed by atoms with E-state index in [0.717, 1.165) is 36.6 Å². The molecule has 0 radical (unpaired) electrons. The first-order valence-corrected chi connectivity index (χ1v) is 7.65. The van der Waals surface area contributed by atoms with Crippen LogP contribution in [0.2, 0.25) is 0 Å². The highest BCUT2D eigenvalue weighted by Gasteiger charge is 2.05. The molecule has 112 valence electrons. The van der Waals surface area contributed by atoms with E-state index < -0.39 is 0 Å². The second-order valence-corrected chi connectivity index (χ2v) is 5.65. The summed E-state index contributed by atoms with van der Waals surface area (Å²) in [6.45, 7) is 10.4. The predicted molar refractivity (Wildman–Crippen MR) is 89.2 cm³/mol. The lowest BCUT2D eigenvalue weighted by atomic mass is 10.1. The Morgan fingerprint density at radius 2 is 1.71 bits per heavy atom. The Bertz CT molecular complexity index is 605. The Morgan fingerprint density at radius 1 is 0.905 bits per heavy atom. The van der Waals surface area contributed by atoms with Gasteiger partial charge in [0.05, 0.1) is 0 Å². The van der Waals surface area contributed by atoms with Crippen LogP contribution in [0.1, 0.15) is 35.6 Å². The fourth-order valence-corrected chi connectivity index (χ4v) is 2.28. The van der Waals surface area contributed by atoms with Crippen LogP contribution in [0.25, 0.3) is 0 Å². The third-order valence-electron chi connectivity index (χ3n) is 3.56. The largest absolute Gasteiger partial charge is 0.457 e. The monoisotopic (exact) mass is 283 g/mol. The van der Waals surface area contributed by atoms with Crippen molar-refractivity contribution in [3.05, 3.63) is 58.7 Å². The van der Waals surface area contributed by atoms with E-state index in [9.17, 15) is 0 Å². The molecule has 0 aromatic heterocycles. The van der Waals surface area contributed by atoms with E-state index in [1.807, 2.05) is 0 Å². The number of hydrogen-bond donors (Lipinski definition) is 1. The molecule has 2 aromatic carbocycles. The minimum atomic E-state index is 0.915. The molecule has 0 amide bonds. The molecule has 0 saturated carbocycles. The molecule has 0 heterocycles. The van der Waals surface area contributed by atoms with E-state index in [0.29, 0.717) is 0 Å². The molecular formula is C19H25NO. The van der Waals surface area contributed by atoms with Gasteiger partial charge in [-0.25, -0.2) is 0 Å². The van der Waals surface area contributed by atoms with Gasteiger partial charge in [-0.1, -0.05) is 31.2 Å². The zero-order valence-corrected chi connectivity index (χ0v) is 13.5. The van der Waals surface area contributed by atoms with Crippen molar-refractivity contribution in [1.29, 1.82) is 0 Å². The summed E-state index contributed by atoms with van der Waals surface area (Å²) in [6.07, 6.45) is 1.16. The summed E-state index contributed by atoms with van der Waals surface area (Å²) >= 11 is 0. The maximum Gasteiger partial charge on any atom is 0.130 e. The van der Waals surface area contributed by atoms with E-state index in [1.165, 1.54) is 16.7 Å². The molecule has 2 rings (SSSR count). The summed E-state index contributed by atoms with van der Waals surface area (Å²) in [4.78, 5) is 0. The normalized spacial score (nSPS) is 10.7. The van der Waals surface area contributed by atoms with E-state index in [4.69, 9.17) is 4.74 Å². The first-order chi connectivity index (χ1) is 10.1. The fourth-order valence-electron chi connectivity index (χ4n) is 2.28. The Labute approximate surface area is 128 Å². The van der Waals surface area contributed by atoms with Crippen LogP contribution in [0.15, 0.2) is 36.4 Å². The maximum absolute atomic E-state index is 6.08. The first-order valence-electron chi connectivity index (χ1n) is 7.65. The predicted octanol–water partition coefficient (Wildman–Crippen LogP) is 4.90. The zero-order chi connectivity index (χ0) is 15.2. The maximum atomic E-state index is 6.08. The minimum absolute atomic E-state index is 0.915. The van der Waals surface area contributed by atoms with Crippen molar-refractivity contribution in [2.45, 2.75) is 40.7 Å². The quantitative estimate of drug-likeness (QED) is 0.761. The minimum Gasteiger partial charge on any atom is -0.457 e. The number of nitrogens with one attached hydrogen (secondary N) is 1. The second kappa shape index (κ2) is 7.28. The lowest BCUT2D eigenvalue weighted by molar-refractivity contribution is 0.474. The molecular weight excluding hydrogens is 258 g/mol. The van der Waals surface area contributed by atoms with Crippen LogP contribution in [0, 0.1) is 20.8 Å². The Morgan fingerprint density at radius 3 is 2.43 bits per heavy atom. The lowest BCUT2D eigenvalue weighted by Crippen LogP contribution is -2.13. The number of rotatable bonds is 6. The smallest absolute Gasteiger partial charge is 0.130 e. The van der Waals surface area contributed by atoms with Gasteiger partial charge in [0.15, 0.2) is 0 Å². The van der Waals surface area contributed by atoms with Gasteiger partial charge < -0.3 is 10.1 Å². The molecule has 0 spiro atoms. The van der Waals surface area contributed by atoms with E-state index in [1.54, 1.807) is 0 Å². The molecule has 2 nitrogen and oxygen atoms in total. The van der Waals surface area contributed by atoms with Gasteiger partial charge in [-0.15, -0.1) is 0 Å². The Kier molecular flexibility index (Phi) is 5.40. The highest BCUT2D eigenvalue weighted by atomic mass is 16.5. The Hall–Kier alpha value is -1.80. The van der Waals surface area contributed by atoms with Gasteiger partial charge in [0, 0.05) is 6.54 Å². The molecule has 0 aliphatic rings. The highest BCUT2D eigenvalue weighted by molar-refractivity contribution is 5.43. The van der Waals surface area contributed by atoms with Crippen molar-refractivity contribution in [3.63, 3.8) is 0 Å². The summed E-state index contributed by atoms with van der Waals surface area (Å²) in [6, 6.07) is 12.7. The fraction of sp³-hybridized carbons (Fsp3) is 0.368.